The van der Waals surface area contributed by atoms with Crippen LogP contribution in [0.1, 0.15) is 24.0 Å². The van der Waals surface area contributed by atoms with Crippen molar-refractivity contribution in [1.29, 1.82) is 0 Å². The molecule has 1 aliphatic rings. The second kappa shape index (κ2) is 7.42. The number of likely N-dealkylation sites (tertiary alicyclic amines) is 1. The average Bonchev–Trinajstić information content (AvgIpc) is 2.56. The molecule has 1 fully saturated rings. The number of nitrogens with one attached hydrogen (secondary N) is 1. The zero-order chi connectivity index (χ0) is 16.1. The quantitative estimate of drug-likeness (QED) is 0.930. The van der Waals surface area contributed by atoms with Gasteiger partial charge in [0.15, 0.2) is 0 Å². The summed E-state index contributed by atoms with van der Waals surface area (Å²) in [6.07, 6.45) is 1.87. The molecule has 1 heterocycles. The molecule has 3 heteroatoms. The SMILES string of the molecule is Cc1cccc(CN2CCC(C(=O)Nc3ccccc3)CC2)c1. The average molecular weight is 308 g/mol. The second-order valence-electron chi connectivity index (χ2n) is 6.39. The first-order chi connectivity index (χ1) is 11.2. The van der Waals surface area contributed by atoms with Gasteiger partial charge in [0, 0.05) is 18.2 Å². The Bertz CT molecular complexity index is 646. The molecule has 0 unspecified atom stereocenters. The van der Waals surface area contributed by atoms with E-state index in [2.05, 4.69) is 41.4 Å². The van der Waals surface area contributed by atoms with Crippen molar-refractivity contribution in [2.45, 2.75) is 26.3 Å². The second-order valence-corrected chi connectivity index (χ2v) is 6.39. The Morgan fingerprint density at radius 2 is 1.83 bits per heavy atom. The summed E-state index contributed by atoms with van der Waals surface area (Å²) in [5.74, 6) is 0.287. The van der Waals surface area contributed by atoms with Gasteiger partial charge in [0.1, 0.15) is 0 Å². The van der Waals surface area contributed by atoms with E-state index in [0.29, 0.717) is 0 Å². The lowest BCUT2D eigenvalue weighted by Crippen LogP contribution is -2.37. The van der Waals surface area contributed by atoms with Gasteiger partial charge in [0.2, 0.25) is 5.91 Å². The molecule has 0 saturated carbocycles. The maximum atomic E-state index is 12.3. The van der Waals surface area contributed by atoms with Crippen molar-refractivity contribution in [2.75, 3.05) is 18.4 Å². The summed E-state index contributed by atoms with van der Waals surface area (Å²) in [6, 6.07) is 18.4. The number of hydrogen-bond donors (Lipinski definition) is 1. The van der Waals surface area contributed by atoms with Crippen molar-refractivity contribution in [3.63, 3.8) is 0 Å². The van der Waals surface area contributed by atoms with Gasteiger partial charge in [0.05, 0.1) is 0 Å². The highest BCUT2D eigenvalue weighted by Gasteiger charge is 2.24. The van der Waals surface area contributed by atoms with E-state index < -0.39 is 0 Å². The van der Waals surface area contributed by atoms with Crippen molar-refractivity contribution in [3.05, 3.63) is 65.7 Å². The van der Waals surface area contributed by atoms with Gasteiger partial charge in [-0.05, 0) is 50.6 Å². The molecule has 1 amide bonds. The molecule has 1 saturated heterocycles. The molecular formula is C20H24N2O. The molecule has 23 heavy (non-hydrogen) atoms. The zero-order valence-corrected chi connectivity index (χ0v) is 13.7. The lowest BCUT2D eigenvalue weighted by molar-refractivity contribution is -0.121. The number of benzene rings is 2. The first kappa shape index (κ1) is 15.8. The van der Waals surface area contributed by atoms with Crippen LogP contribution in [0.5, 0.6) is 0 Å². The van der Waals surface area contributed by atoms with E-state index in [1.807, 2.05) is 30.3 Å². The number of nitrogens with zero attached hydrogens (tertiary/aromatic N) is 1. The highest BCUT2D eigenvalue weighted by atomic mass is 16.1. The zero-order valence-electron chi connectivity index (χ0n) is 13.7. The van der Waals surface area contributed by atoms with E-state index in [9.17, 15) is 4.79 Å². The number of para-hydroxylation sites is 1. The Balaban J connectivity index is 1.49. The summed E-state index contributed by atoms with van der Waals surface area (Å²) in [5.41, 5.74) is 3.55. The Kier molecular flexibility index (Phi) is 5.09. The third-order valence-electron chi connectivity index (χ3n) is 4.49. The number of carbonyl (C=O) groups excluding carboxylic acids is 1. The number of amides is 1. The third kappa shape index (κ3) is 4.42. The van der Waals surface area contributed by atoms with Gasteiger partial charge in [-0.2, -0.15) is 0 Å². The van der Waals surface area contributed by atoms with Crippen LogP contribution in [-0.2, 0) is 11.3 Å². The summed E-state index contributed by atoms with van der Waals surface area (Å²) in [4.78, 5) is 14.8. The van der Waals surface area contributed by atoms with Crippen LogP contribution in [0.15, 0.2) is 54.6 Å². The van der Waals surface area contributed by atoms with Crippen molar-refractivity contribution < 1.29 is 4.79 Å². The molecule has 2 aromatic rings. The molecule has 0 aromatic heterocycles. The number of carbonyl (C=O) groups is 1. The van der Waals surface area contributed by atoms with Gasteiger partial charge in [-0.1, -0.05) is 48.0 Å². The number of aryl methyl sites for hydroxylation is 1. The maximum absolute atomic E-state index is 12.3. The van der Waals surface area contributed by atoms with Crippen LogP contribution in [0.2, 0.25) is 0 Å². The minimum Gasteiger partial charge on any atom is -0.326 e. The van der Waals surface area contributed by atoms with Gasteiger partial charge >= 0.3 is 0 Å². The van der Waals surface area contributed by atoms with Crippen molar-refractivity contribution in [3.8, 4) is 0 Å². The standard InChI is InChI=1S/C20H24N2O/c1-16-6-5-7-17(14-16)15-22-12-10-18(11-13-22)20(23)21-19-8-3-2-4-9-19/h2-9,14,18H,10-13,15H2,1H3,(H,21,23). The fourth-order valence-electron chi connectivity index (χ4n) is 3.19. The molecule has 120 valence electrons. The lowest BCUT2D eigenvalue weighted by atomic mass is 9.95. The van der Waals surface area contributed by atoms with E-state index >= 15 is 0 Å². The van der Waals surface area contributed by atoms with Gasteiger partial charge in [-0.3, -0.25) is 9.69 Å². The maximum Gasteiger partial charge on any atom is 0.227 e. The normalized spacial score (nSPS) is 16.2. The van der Waals surface area contributed by atoms with Gasteiger partial charge in [0.25, 0.3) is 0 Å². The fourth-order valence-corrected chi connectivity index (χ4v) is 3.19. The molecular weight excluding hydrogens is 284 g/mol. The molecule has 1 N–H and O–H groups in total. The van der Waals surface area contributed by atoms with Crippen molar-refractivity contribution >= 4 is 11.6 Å². The van der Waals surface area contributed by atoms with Gasteiger partial charge in [-0.15, -0.1) is 0 Å². The van der Waals surface area contributed by atoms with Gasteiger partial charge in [-0.25, -0.2) is 0 Å². The minimum atomic E-state index is 0.129. The van der Waals surface area contributed by atoms with E-state index in [0.717, 1.165) is 38.2 Å². The van der Waals surface area contributed by atoms with E-state index in [-0.39, 0.29) is 11.8 Å². The molecule has 3 nitrogen and oxygen atoms in total. The molecule has 0 atom stereocenters. The van der Waals surface area contributed by atoms with E-state index in [1.54, 1.807) is 0 Å². The summed E-state index contributed by atoms with van der Waals surface area (Å²) in [7, 11) is 0. The number of hydrogen-bond acceptors (Lipinski definition) is 2. The van der Waals surface area contributed by atoms with Crippen LogP contribution in [0.3, 0.4) is 0 Å². The number of anilines is 1. The predicted octanol–water partition coefficient (Wildman–Crippen LogP) is 3.85. The highest BCUT2D eigenvalue weighted by molar-refractivity contribution is 5.92. The van der Waals surface area contributed by atoms with Crippen LogP contribution in [-0.4, -0.2) is 23.9 Å². The smallest absolute Gasteiger partial charge is 0.227 e. The van der Waals surface area contributed by atoms with E-state index in [1.165, 1.54) is 11.1 Å². The summed E-state index contributed by atoms with van der Waals surface area (Å²) < 4.78 is 0. The topological polar surface area (TPSA) is 32.3 Å². The molecule has 2 aromatic carbocycles. The van der Waals surface area contributed by atoms with Crippen LogP contribution in [0.25, 0.3) is 0 Å². The Hall–Kier alpha value is -2.13. The molecule has 3 rings (SSSR count). The highest BCUT2D eigenvalue weighted by Crippen LogP contribution is 2.21. The van der Waals surface area contributed by atoms with Crippen molar-refractivity contribution in [2.24, 2.45) is 5.92 Å². The third-order valence-corrected chi connectivity index (χ3v) is 4.49. The molecule has 0 radical (unpaired) electrons. The monoisotopic (exact) mass is 308 g/mol. The van der Waals surface area contributed by atoms with Crippen LogP contribution in [0, 0.1) is 12.8 Å². The molecule has 0 aliphatic carbocycles. The summed E-state index contributed by atoms with van der Waals surface area (Å²) >= 11 is 0. The lowest BCUT2D eigenvalue weighted by Gasteiger charge is -2.31. The predicted molar refractivity (Wildman–Crippen MR) is 94.3 cm³/mol. The fraction of sp³-hybridized carbons (Fsp3) is 0.350. The molecule has 0 bridgehead atoms. The molecule has 0 spiro atoms. The minimum absolute atomic E-state index is 0.129. The molecule has 1 aliphatic heterocycles. The Morgan fingerprint density at radius 1 is 1.09 bits per heavy atom. The first-order valence-electron chi connectivity index (χ1n) is 8.34. The number of piperidine rings is 1. The van der Waals surface area contributed by atoms with Crippen LogP contribution < -0.4 is 5.32 Å². The largest absolute Gasteiger partial charge is 0.326 e. The Morgan fingerprint density at radius 3 is 2.52 bits per heavy atom. The van der Waals surface area contributed by atoms with Crippen LogP contribution >= 0.6 is 0 Å². The first-order valence-corrected chi connectivity index (χ1v) is 8.34. The Labute approximate surface area is 138 Å². The summed E-state index contributed by atoms with van der Waals surface area (Å²) in [5, 5.41) is 3.03. The number of rotatable bonds is 4. The summed E-state index contributed by atoms with van der Waals surface area (Å²) in [6.45, 7) is 5.08. The van der Waals surface area contributed by atoms with Gasteiger partial charge < -0.3 is 5.32 Å². The van der Waals surface area contributed by atoms with Crippen molar-refractivity contribution in [1.82, 2.24) is 4.90 Å². The van der Waals surface area contributed by atoms with E-state index in [4.69, 9.17) is 0 Å². The van der Waals surface area contributed by atoms with Crippen LogP contribution in [0.4, 0.5) is 5.69 Å².